The maximum Gasteiger partial charge on any atom is 0.223 e. The van der Waals surface area contributed by atoms with Crippen molar-refractivity contribution in [2.24, 2.45) is 0 Å². The van der Waals surface area contributed by atoms with Crippen molar-refractivity contribution in [1.29, 1.82) is 0 Å². The lowest BCUT2D eigenvalue weighted by molar-refractivity contribution is 0.660. The van der Waals surface area contributed by atoms with Crippen LogP contribution in [0.15, 0.2) is 24.7 Å². The Bertz CT molecular complexity index is 463. The molecule has 0 aromatic carbocycles. The fourth-order valence-corrected chi connectivity index (χ4v) is 1.43. The Morgan fingerprint density at radius 3 is 2.94 bits per heavy atom. The van der Waals surface area contributed by atoms with Gasteiger partial charge in [-0.1, -0.05) is 0 Å². The Kier molecular flexibility index (Phi) is 3.14. The maximum absolute atomic E-state index is 4.40. The predicted molar refractivity (Wildman–Crippen MR) is 63.1 cm³/mol. The van der Waals surface area contributed by atoms with Crippen molar-refractivity contribution in [3.63, 3.8) is 0 Å². The molecule has 0 aliphatic rings. The highest BCUT2D eigenvalue weighted by molar-refractivity contribution is 5.57. The number of nitrogens with zero attached hydrogens (tertiary/aromatic N) is 4. The van der Waals surface area contributed by atoms with Crippen LogP contribution in [0.5, 0.6) is 0 Å². The van der Waals surface area contributed by atoms with Crippen LogP contribution in [0.2, 0.25) is 0 Å². The van der Waals surface area contributed by atoms with Crippen molar-refractivity contribution in [2.75, 3.05) is 11.9 Å². The summed E-state index contributed by atoms with van der Waals surface area (Å²) in [7, 11) is 0. The van der Waals surface area contributed by atoms with Crippen LogP contribution in [0.4, 0.5) is 5.95 Å². The van der Waals surface area contributed by atoms with E-state index in [0.29, 0.717) is 5.95 Å². The molecular formula is C11H15N5. The smallest absolute Gasteiger partial charge is 0.223 e. The van der Waals surface area contributed by atoms with Crippen LogP contribution < -0.4 is 5.32 Å². The van der Waals surface area contributed by atoms with Gasteiger partial charge in [0.2, 0.25) is 5.95 Å². The highest BCUT2D eigenvalue weighted by Gasteiger charge is 2.03. The summed E-state index contributed by atoms with van der Waals surface area (Å²) in [5.74, 6) is 0.657. The molecule has 0 bridgehead atoms. The summed E-state index contributed by atoms with van der Waals surface area (Å²) in [5, 5.41) is 7.31. The second-order valence-electron chi connectivity index (χ2n) is 3.38. The molecule has 0 amide bonds. The van der Waals surface area contributed by atoms with Gasteiger partial charge in [0.1, 0.15) is 0 Å². The van der Waals surface area contributed by atoms with E-state index in [0.717, 1.165) is 24.3 Å². The first-order valence-electron chi connectivity index (χ1n) is 5.43. The first kappa shape index (κ1) is 10.6. The largest absolute Gasteiger partial charge is 0.354 e. The molecule has 2 aromatic heterocycles. The van der Waals surface area contributed by atoms with E-state index in [1.54, 1.807) is 6.20 Å². The lowest BCUT2D eigenvalue weighted by Crippen LogP contribution is -2.01. The molecule has 16 heavy (non-hydrogen) atoms. The van der Waals surface area contributed by atoms with E-state index < -0.39 is 0 Å². The topological polar surface area (TPSA) is 55.6 Å². The summed E-state index contributed by atoms with van der Waals surface area (Å²) >= 11 is 0. The van der Waals surface area contributed by atoms with Crippen LogP contribution in [0.25, 0.3) is 11.3 Å². The van der Waals surface area contributed by atoms with Gasteiger partial charge in [-0.2, -0.15) is 5.10 Å². The third-order valence-corrected chi connectivity index (χ3v) is 2.24. The molecule has 84 valence electrons. The molecule has 5 heteroatoms. The maximum atomic E-state index is 4.40. The van der Waals surface area contributed by atoms with Gasteiger partial charge in [-0.25, -0.2) is 9.97 Å². The number of rotatable bonds is 4. The molecule has 0 aliphatic carbocycles. The monoisotopic (exact) mass is 217 g/mol. The van der Waals surface area contributed by atoms with Gasteiger partial charge in [0, 0.05) is 31.0 Å². The van der Waals surface area contributed by atoms with Crippen molar-refractivity contribution in [2.45, 2.75) is 20.4 Å². The molecule has 2 heterocycles. The normalized spacial score (nSPS) is 10.4. The van der Waals surface area contributed by atoms with Crippen LogP contribution in [0.3, 0.4) is 0 Å². The molecule has 1 N–H and O–H groups in total. The van der Waals surface area contributed by atoms with E-state index in [-0.39, 0.29) is 0 Å². The summed E-state index contributed by atoms with van der Waals surface area (Å²) in [5.41, 5.74) is 1.91. The van der Waals surface area contributed by atoms with Gasteiger partial charge in [0.15, 0.2) is 0 Å². The minimum Gasteiger partial charge on any atom is -0.354 e. The van der Waals surface area contributed by atoms with Crippen LogP contribution in [0.1, 0.15) is 13.8 Å². The summed E-state index contributed by atoms with van der Waals surface area (Å²) in [6.45, 7) is 5.76. The van der Waals surface area contributed by atoms with E-state index in [2.05, 4.69) is 27.3 Å². The Labute approximate surface area is 94.5 Å². The average molecular weight is 217 g/mol. The lowest BCUT2D eigenvalue weighted by Gasteiger charge is -2.02. The number of aromatic nitrogens is 4. The second-order valence-corrected chi connectivity index (χ2v) is 3.38. The SMILES string of the molecule is CCNc1nccc(-c2cnn(CC)c2)n1. The number of hydrogen-bond acceptors (Lipinski definition) is 4. The Hall–Kier alpha value is -1.91. The van der Waals surface area contributed by atoms with Crippen molar-refractivity contribution in [1.82, 2.24) is 19.7 Å². The Balaban J connectivity index is 2.28. The van der Waals surface area contributed by atoms with Crippen LogP contribution in [0, 0.1) is 0 Å². The van der Waals surface area contributed by atoms with Gasteiger partial charge in [-0.3, -0.25) is 4.68 Å². The van der Waals surface area contributed by atoms with Gasteiger partial charge in [0.25, 0.3) is 0 Å². The molecule has 0 saturated carbocycles. The molecule has 0 saturated heterocycles. The minimum atomic E-state index is 0.657. The van der Waals surface area contributed by atoms with Crippen LogP contribution in [-0.4, -0.2) is 26.3 Å². The second kappa shape index (κ2) is 4.74. The fourth-order valence-electron chi connectivity index (χ4n) is 1.43. The zero-order chi connectivity index (χ0) is 11.4. The van der Waals surface area contributed by atoms with Gasteiger partial charge in [-0.05, 0) is 19.9 Å². The van der Waals surface area contributed by atoms with E-state index in [1.807, 2.05) is 30.1 Å². The van der Waals surface area contributed by atoms with Crippen molar-refractivity contribution in [3.8, 4) is 11.3 Å². The quantitative estimate of drug-likeness (QED) is 0.848. The predicted octanol–water partition coefficient (Wildman–Crippen LogP) is 1.79. The molecule has 0 fully saturated rings. The summed E-state index contributed by atoms with van der Waals surface area (Å²) in [6, 6.07) is 1.89. The van der Waals surface area contributed by atoms with E-state index in [4.69, 9.17) is 0 Å². The van der Waals surface area contributed by atoms with Crippen LogP contribution >= 0.6 is 0 Å². The average Bonchev–Trinajstić information content (AvgIpc) is 2.78. The standard InChI is InChI=1S/C11H15N5/c1-3-12-11-13-6-5-10(15-11)9-7-14-16(4-2)8-9/h5-8H,3-4H2,1-2H3,(H,12,13,15). The van der Waals surface area contributed by atoms with Gasteiger partial charge >= 0.3 is 0 Å². The third kappa shape index (κ3) is 2.18. The van der Waals surface area contributed by atoms with E-state index in [1.165, 1.54) is 0 Å². The molecule has 0 aliphatic heterocycles. The van der Waals surface area contributed by atoms with Gasteiger partial charge in [0.05, 0.1) is 11.9 Å². The van der Waals surface area contributed by atoms with Crippen molar-refractivity contribution >= 4 is 5.95 Å². The molecule has 0 radical (unpaired) electrons. The number of nitrogens with one attached hydrogen (secondary N) is 1. The highest BCUT2D eigenvalue weighted by Crippen LogP contribution is 2.16. The fraction of sp³-hybridized carbons (Fsp3) is 0.364. The number of hydrogen-bond donors (Lipinski definition) is 1. The molecule has 0 unspecified atom stereocenters. The lowest BCUT2D eigenvalue weighted by atomic mass is 10.2. The van der Waals surface area contributed by atoms with Crippen molar-refractivity contribution in [3.05, 3.63) is 24.7 Å². The van der Waals surface area contributed by atoms with E-state index in [9.17, 15) is 0 Å². The first-order chi connectivity index (χ1) is 7.83. The molecule has 5 nitrogen and oxygen atoms in total. The summed E-state index contributed by atoms with van der Waals surface area (Å²) in [6.07, 6.45) is 5.56. The number of aryl methyl sites for hydroxylation is 1. The molecular weight excluding hydrogens is 202 g/mol. The molecule has 2 rings (SSSR count). The summed E-state index contributed by atoms with van der Waals surface area (Å²) in [4.78, 5) is 8.54. The van der Waals surface area contributed by atoms with Gasteiger partial charge in [-0.15, -0.1) is 0 Å². The minimum absolute atomic E-state index is 0.657. The Morgan fingerprint density at radius 1 is 1.38 bits per heavy atom. The zero-order valence-corrected chi connectivity index (χ0v) is 9.51. The summed E-state index contributed by atoms with van der Waals surface area (Å²) < 4.78 is 1.88. The molecule has 2 aromatic rings. The highest BCUT2D eigenvalue weighted by atomic mass is 15.3. The van der Waals surface area contributed by atoms with Gasteiger partial charge < -0.3 is 5.32 Å². The van der Waals surface area contributed by atoms with E-state index >= 15 is 0 Å². The third-order valence-electron chi connectivity index (χ3n) is 2.24. The number of anilines is 1. The van der Waals surface area contributed by atoms with Crippen molar-refractivity contribution < 1.29 is 0 Å². The van der Waals surface area contributed by atoms with Crippen LogP contribution in [-0.2, 0) is 6.54 Å². The molecule has 0 atom stereocenters. The zero-order valence-electron chi connectivity index (χ0n) is 9.51. The Morgan fingerprint density at radius 2 is 2.25 bits per heavy atom. The first-order valence-corrected chi connectivity index (χ1v) is 5.43. The molecule has 0 spiro atoms.